The Labute approximate surface area is 173 Å². The minimum atomic E-state index is -3.23. The van der Waals surface area contributed by atoms with Crippen LogP contribution in [0.15, 0.2) is 12.1 Å². The summed E-state index contributed by atoms with van der Waals surface area (Å²) < 4.78 is 56.2. The van der Waals surface area contributed by atoms with Gasteiger partial charge in [-0.3, -0.25) is 0 Å². The van der Waals surface area contributed by atoms with E-state index in [2.05, 4.69) is 11.7 Å². The van der Waals surface area contributed by atoms with Crippen molar-refractivity contribution in [1.82, 2.24) is 0 Å². The number of ether oxygens (including phenoxy) is 1. The Balaban J connectivity index is 1.42. The van der Waals surface area contributed by atoms with Crippen LogP contribution in [0.3, 0.4) is 0 Å². The van der Waals surface area contributed by atoms with Gasteiger partial charge >= 0.3 is 6.61 Å². The Hall–Kier alpha value is -1.04. The number of rotatable bonds is 8. The second-order valence-corrected chi connectivity index (χ2v) is 12.8. The van der Waals surface area contributed by atoms with Crippen molar-refractivity contribution in [3.8, 4) is 5.75 Å². The predicted molar refractivity (Wildman–Crippen MR) is 111 cm³/mol. The molecule has 1 aromatic rings. The molecule has 1 heterocycles. The maximum Gasteiger partial charge on any atom is 0.387 e. The van der Waals surface area contributed by atoms with Crippen LogP contribution in [0.2, 0.25) is 17.6 Å². The molecule has 2 aliphatic rings. The highest BCUT2D eigenvalue weighted by atomic mass is 28.3. The first-order valence-electron chi connectivity index (χ1n) is 11.4. The molecule has 0 amide bonds. The Morgan fingerprint density at radius 3 is 2.07 bits per heavy atom. The van der Waals surface area contributed by atoms with Gasteiger partial charge < -0.3 is 4.74 Å². The molecule has 164 valence electrons. The van der Waals surface area contributed by atoms with Crippen molar-refractivity contribution in [3.63, 3.8) is 0 Å². The molecule has 1 saturated heterocycles. The van der Waals surface area contributed by atoms with E-state index in [9.17, 15) is 17.6 Å². The third kappa shape index (κ3) is 6.47. The largest absolute Gasteiger partial charge is 0.429 e. The van der Waals surface area contributed by atoms with Gasteiger partial charge in [-0.25, -0.2) is 8.78 Å². The average molecular weight is 431 g/mol. The van der Waals surface area contributed by atoms with E-state index in [1.165, 1.54) is 63.5 Å². The smallest absolute Gasteiger partial charge is 0.387 e. The summed E-state index contributed by atoms with van der Waals surface area (Å²) in [6.07, 6.45) is 12.5. The summed E-state index contributed by atoms with van der Waals surface area (Å²) in [6, 6.07) is 5.10. The molecule has 0 spiro atoms. The molecule has 0 atom stereocenters. The zero-order valence-electron chi connectivity index (χ0n) is 17.4. The number of hydrogen-bond donors (Lipinski definition) is 0. The van der Waals surface area contributed by atoms with Crippen molar-refractivity contribution in [1.29, 1.82) is 0 Å². The van der Waals surface area contributed by atoms with E-state index in [1.54, 1.807) is 0 Å². The van der Waals surface area contributed by atoms with Crippen LogP contribution in [-0.2, 0) is 6.42 Å². The summed E-state index contributed by atoms with van der Waals surface area (Å²) in [5.41, 5.74) is 1.56. The summed E-state index contributed by atoms with van der Waals surface area (Å²) in [5.74, 6) is -1.48. The third-order valence-corrected chi connectivity index (χ3v) is 11.4. The molecular formula is C23H34F4OSi. The SMILES string of the molecule is CCCC1CCC([SiH]2CCC(CCc3cc(F)c(OC(F)F)c(F)c3)CC2)CC1. The Morgan fingerprint density at radius 2 is 1.52 bits per heavy atom. The first-order valence-corrected chi connectivity index (χ1v) is 13.7. The Morgan fingerprint density at radius 1 is 0.931 bits per heavy atom. The van der Waals surface area contributed by atoms with Gasteiger partial charge in [-0.15, -0.1) is 0 Å². The third-order valence-electron chi connectivity index (χ3n) is 7.25. The fourth-order valence-corrected chi connectivity index (χ4v) is 9.99. The van der Waals surface area contributed by atoms with E-state index >= 15 is 0 Å². The van der Waals surface area contributed by atoms with Gasteiger partial charge in [0, 0.05) is 8.80 Å². The topological polar surface area (TPSA) is 9.23 Å². The lowest BCUT2D eigenvalue weighted by molar-refractivity contribution is -0.0546. The van der Waals surface area contributed by atoms with Crippen LogP contribution < -0.4 is 4.74 Å². The van der Waals surface area contributed by atoms with Crippen LogP contribution in [0.25, 0.3) is 0 Å². The zero-order valence-corrected chi connectivity index (χ0v) is 18.6. The molecular weight excluding hydrogens is 396 g/mol. The van der Waals surface area contributed by atoms with Gasteiger partial charge in [-0.1, -0.05) is 70.4 Å². The minimum absolute atomic E-state index is 0.523. The molecule has 0 N–H and O–H groups in total. The summed E-state index contributed by atoms with van der Waals surface area (Å²) in [4.78, 5) is 0. The molecule has 1 aliphatic heterocycles. The van der Waals surface area contributed by atoms with Crippen LogP contribution in [-0.4, -0.2) is 15.4 Å². The maximum absolute atomic E-state index is 13.9. The van der Waals surface area contributed by atoms with Gasteiger partial charge in [0.25, 0.3) is 0 Å². The van der Waals surface area contributed by atoms with Crippen LogP contribution in [0.1, 0.15) is 70.3 Å². The van der Waals surface area contributed by atoms with Crippen molar-refractivity contribution in [2.24, 2.45) is 11.8 Å². The van der Waals surface area contributed by atoms with Crippen LogP contribution in [0.4, 0.5) is 17.6 Å². The van der Waals surface area contributed by atoms with Gasteiger partial charge in [-0.2, -0.15) is 8.78 Å². The lowest BCUT2D eigenvalue weighted by Gasteiger charge is -2.37. The molecule has 0 radical (unpaired) electrons. The van der Waals surface area contributed by atoms with E-state index in [0.717, 1.165) is 30.0 Å². The number of benzene rings is 1. The predicted octanol–water partition coefficient (Wildman–Crippen LogP) is 7.50. The van der Waals surface area contributed by atoms with Crippen molar-refractivity contribution in [3.05, 3.63) is 29.3 Å². The van der Waals surface area contributed by atoms with Crippen LogP contribution in [0, 0.1) is 23.5 Å². The van der Waals surface area contributed by atoms with E-state index in [0.29, 0.717) is 17.9 Å². The number of alkyl halides is 2. The molecule has 6 heteroatoms. The van der Waals surface area contributed by atoms with E-state index in [1.807, 2.05) is 0 Å². The highest BCUT2D eigenvalue weighted by Crippen LogP contribution is 2.42. The summed E-state index contributed by atoms with van der Waals surface area (Å²) in [5, 5.41) is 0. The average Bonchev–Trinajstić information content (AvgIpc) is 2.70. The normalized spacial score (nSPS) is 27.9. The van der Waals surface area contributed by atoms with Gasteiger partial charge in [0.05, 0.1) is 0 Å². The fraction of sp³-hybridized carbons (Fsp3) is 0.739. The number of halogens is 4. The van der Waals surface area contributed by atoms with Gasteiger partial charge in [0.2, 0.25) is 0 Å². The monoisotopic (exact) mass is 430 g/mol. The van der Waals surface area contributed by atoms with Gasteiger partial charge in [0.15, 0.2) is 17.4 Å². The number of hydrogen-bond acceptors (Lipinski definition) is 1. The summed E-state index contributed by atoms with van der Waals surface area (Å²) >= 11 is 0. The Kier molecular flexibility index (Phi) is 8.45. The fourth-order valence-electron chi connectivity index (χ4n) is 5.63. The summed E-state index contributed by atoms with van der Waals surface area (Å²) in [7, 11) is -0.637. The first kappa shape index (κ1) is 22.6. The van der Waals surface area contributed by atoms with Crippen molar-refractivity contribution >= 4 is 8.80 Å². The highest BCUT2D eigenvalue weighted by Gasteiger charge is 2.31. The van der Waals surface area contributed by atoms with E-state index in [4.69, 9.17) is 0 Å². The van der Waals surface area contributed by atoms with Crippen molar-refractivity contribution in [2.75, 3.05) is 0 Å². The van der Waals surface area contributed by atoms with Crippen LogP contribution in [0.5, 0.6) is 5.75 Å². The Bertz CT molecular complexity index is 615. The molecule has 1 aliphatic carbocycles. The second kappa shape index (κ2) is 10.8. The van der Waals surface area contributed by atoms with Crippen molar-refractivity contribution in [2.45, 2.75) is 95.4 Å². The van der Waals surface area contributed by atoms with Gasteiger partial charge in [0.1, 0.15) is 0 Å². The maximum atomic E-state index is 13.9. The second-order valence-electron chi connectivity index (χ2n) is 9.16. The highest BCUT2D eigenvalue weighted by molar-refractivity contribution is 6.60. The molecule has 1 saturated carbocycles. The van der Waals surface area contributed by atoms with E-state index < -0.39 is 32.8 Å². The zero-order chi connectivity index (χ0) is 20.8. The molecule has 29 heavy (non-hydrogen) atoms. The van der Waals surface area contributed by atoms with Crippen molar-refractivity contribution < 1.29 is 22.3 Å². The quantitative estimate of drug-likeness (QED) is 0.306. The minimum Gasteiger partial charge on any atom is -0.429 e. The molecule has 0 unspecified atom stereocenters. The van der Waals surface area contributed by atoms with Gasteiger partial charge in [-0.05, 0) is 47.9 Å². The molecule has 3 rings (SSSR count). The van der Waals surface area contributed by atoms with Crippen LogP contribution >= 0.6 is 0 Å². The molecule has 2 fully saturated rings. The standard InChI is InChI=1S/C23H34F4OSi/c1-2-3-16-6-8-19(9-7-16)29-12-10-17(11-13-29)4-5-18-14-20(24)22(21(25)15-18)28-23(26)27/h14-17,19,23,29H,2-13H2,1H3. The molecule has 1 aromatic carbocycles. The lowest BCUT2D eigenvalue weighted by atomic mass is 9.86. The summed E-state index contributed by atoms with van der Waals surface area (Å²) in [6.45, 7) is -0.943. The molecule has 0 aromatic heterocycles. The first-order chi connectivity index (χ1) is 14.0. The van der Waals surface area contributed by atoms with E-state index in [-0.39, 0.29) is 0 Å². The molecule has 1 nitrogen and oxygen atoms in total. The lowest BCUT2D eigenvalue weighted by Crippen LogP contribution is -2.29. The molecule has 0 bridgehead atoms. The number of aryl methyl sites for hydroxylation is 1.